The van der Waals surface area contributed by atoms with Gasteiger partial charge in [0.2, 0.25) is 0 Å². The van der Waals surface area contributed by atoms with Gasteiger partial charge < -0.3 is 19.6 Å². The van der Waals surface area contributed by atoms with Crippen LogP contribution in [0.25, 0.3) is 12.2 Å². The Balaban J connectivity index is 1.99. The first kappa shape index (κ1) is 18.4. The van der Waals surface area contributed by atoms with Gasteiger partial charge in [0, 0.05) is 5.56 Å². The Kier molecular flexibility index (Phi) is 5.38. The predicted octanol–water partition coefficient (Wildman–Crippen LogP) is 2.48. The summed E-state index contributed by atoms with van der Waals surface area (Å²) in [4.78, 5) is 27.8. The van der Waals surface area contributed by atoms with Crippen molar-refractivity contribution in [2.75, 3.05) is 6.61 Å². The van der Waals surface area contributed by atoms with Crippen LogP contribution in [0.2, 0.25) is 0 Å². The summed E-state index contributed by atoms with van der Waals surface area (Å²) in [6.07, 6.45) is 5.08. The van der Waals surface area contributed by atoms with Crippen LogP contribution < -0.4 is 15.0 Å². The number of hydrogen-bond donors (Lipinski definition) is 3. The summed E-state index contributed by atoms with van der Waals surface area (Å²) in [5.41, 5.74) is 0.0779. The minimum Gasteiger partial charge on any atom is -0.487 e. The van der Waals surface area contributed by atoms with Crippen LogP contribution >= 0.6 is 12.2 Å². The number of carbonyl (C=O) groups is 1. The monoisotopic (exact) mass is 385 g/mol. The summed E-state index contributed by atoms with van der Waals surface area (Å²) in [6, 6.07) is 6.98. The van der Waals surface area contributed by atoms with Crippen molar-refractivity contribution in [2.24, 2.45) is 0 Å². The molecule has 0 radical (unpaired) electrons. The van der Waals surface area contributed by atoms with E-state index in [1.165, 1.54) is 6.08 Å². The van der Waals surface area contributed by atoms with E-state index in [-0.39, 0.29) is 27.9 Å². The molecule has 3 N–H and O–H groups in total. The molecule has 27 heavy (non-hydrogen) atoms. The molecule has 1 aromatic carbocycles. The number of aromatic nitrogens is 2. The Morgan fingerprint density at radius 2 is 2.15 bits per heavy atom. The number of aromatic amines is 2. The molecule has 0 bridgehead atoms. The van der Waals surface area contributed by atoms with Crippen molar-refractivity contribution in [3.8, 4) is 17.6 Å². The number of aliphatic carboxylic acids is 1. The summed E-state index contributed by atoms with van der Waals surface area (Å²) in [5, 5.41) is 18.1. The topological polar surface area (TPSA) is 128 Å². The van der Waals surface area contributed by atoms with Gasteiger partial charge in [-0.3, -0.25) is 9.78 Å². The van der Waals surface area contributed by atoms with Crippen molar-refractivity contribution >= 4 is 30.3 Å². The molecule has 0 atom stereocenters. The molecule has 3 rings (SSSR count). The van der Waals surface area contributed by atoms with Crippen molar-refractivity contribution in [3.05, 3.63) is 50.1 Å². The molecule has 0 spiro atoms. The highest BCUT2D eigenvalue weighted by molar-refractivity contribution is 7.71. The lowest BCUT2D eigenvalue weighted by atomic mass is 10.1. The molecular weight excluding hydrogens is 370 g/mol. The third kappa shape index (κ3) is 4.62. The van der Waals surface area contributed by atoms with Gasteiger partial charge in [-0.2, -0.15) is 5.26 Å². The molecule has 1 aliphatic rings. The Bertz CT molecular complexity index is 1060. The molecule has 1 aromatic heterocycles. The van der Waals surface area contributed by atoms with Gasteiger partial charge in [0.15, 0.2) is 22.9 Å². The third-order valence-corrected chi connectivity index (χ3v) is 3.88. The number of ether oxygens (including phenoxy) is 2. The average Bonchev–Trinajstić information content (AvgIpc) is 3.42. The number of rotatable bonds is 7. The van der Waals surface area contributed by atoms with Gasteiger partial charge in [-0.25, -0.2) is 4.79 Å². The standard InChI is InChI=1S/C18H15N3O5S/c19-8-12-13(20-18(27)21-17(12)24)7-4-10-2-1-3-14(26-11-5-6-11)16(10)25-9-15(22)23/h1-4,7,11H,5-6,9H2,(H,22,23)(H2,20,21,24,27). The van der Waals surface area contributed by atoms with Gasteiger partial charge in [0.25, 0.3) is 5.56 Å². The zero-order valence-electron chi connectivity index (χ0n) is 14.0. The second-order valence-electron chi connectivity index (χ2n) is 5.82. The van der Waals surface area contributed by atoms with Crippen LogP contribution in [0.5, 0.6) is 11.5 Å². The SMILES string of the molecule is N#Cc1c(C=Cc2cccc(OC3CC3)c2OCC(=O)O)[nH]c(=S)[nH]c1=O. The van der Waals surface area contributed by atoms with Crippen molar-refractivity contribution in [1.82, 2.24) is 9.97 Å². The molecular formula is C18H15N3O5S. The molecule has 2 aromatic rings. The van der Waals surface area contributed by atoms with Crippen LogP contribution in [0.4, 0.5) is 0 Å². The molecule has 9 heteroatoms. The number of nitriles is 1. The fraction of sp³-hybridized carbons (Fsp3) is 0.222. The molecule has 0 unspecified atom stereocenters. The Morgan fingerprint density at radius 1 is 1.37 bits per heavy atom. The Hall–Kier alpha value is -3.38. The first-order valence-electron chi connectivity index (χ1n) is 8.07. The molecule has 8 nitrogen and oxygen atoms in total. The zero-order valence-corrected chi connectivity index (χ0v) is 14.8. The minimum absolute atomic E-state index is 0.0896. The highest BCUT2D eigenvalue weighted by atomic mass is 32.1. The normalized spacial score (nSPS) is 13.3. The average molecular weight is 385 g/mol. The molecule has 1 fully saturated rings. The zero-order chi connectivity index (χ0) is 19.4. The van der Waals surface area contributed by atoms with Crippen LogP contribution in [0.15, 0.2) is 23.0 Å². The highest BCUT2D eigenvalue weighted by Crippen LogP contribution is 2.37. The van der Waals surface area contributed by atoms with E-state index >= 15 is 0 Å². The number of carboxylic acid groups (broad SMARTS) is 1. The maximum Gasteiger partial charge on any atom is 0.341 e. The first-order valence-corrected chi connectivity index (χ1v) is 8.48. The number of para-hydroxylation sites is 1. The first-order chi connectivity index (χ1) is 13.0. The molecule has 0 amide bonds. The number of nitrogens with zero attached hydrogens (tertiary/aromatic N) is 1. The fourth-order valence-electron chi connectivity index (χ4n) is 2.32. The van der Waals surface area contributed by atoms with Gasteiger partial charge in [-0.05, 0) is 43.3 Å². The summed E-state index contributed by atoms with van der Waals surface area (Å²) in [5.74, 6) is -0.387. The lowest BCUT2D eigenvalue weighted by Crippen LogP contribution is -2.13. The van der Waals surface area contributed by atoms with E-state index < -0.39 is 18.1 Å². The van der Waals surface area contributed by atoms with E-state index in [2.05, 4.69) is 9.97 Å². The van der Waals surface area contributed by atoms with Crippen LogP contribution in [0.3, 0.4) is 0 Å². The van der Waals surface area contributed by atoms with Gasteiger partial charge in [0.1, 0.15) is 11.6 Å². The van der Waals surface area contributed by atoms with E-state index in [0.29, 0.717) is 11.3 Å². The van der Waals surface area contributed by atoms with Crippen molar-refractivity contribution in [2.45, 2.75) is 18.9 Å². The quantitative estimate of drug-likeness (QED) is 0.625. The highest BCUT2D eigenvalue weighted by Gasteiger charge is 2.25. The lowest BCUT2D eigenvalue weighted by Gasteiger charge is -2.13. The van der Waals surface area contributed by atoms with E-state index in [9.17, 15) is 9.59 Å². The second kappa shape index (κ2) is 7.88. The van der Waals surface area contributed by atoms with Gasteiger partial charge in [0.05, 0.1) is 11.8 Å². The molecule has 1 saturated carbocycles. The maximum absolute atomic E-state index is 11.8. The predicted molar refractivity (Wildman–Crippen MR) is 99.1 cm³/mol. The number of benzene rings is 1. The maximum atomic E-state index is 11.8. The van der Waals surface area contributed by atoms with E-state index in [1.54, 1.807) is 24.3 Å². The number of nitrogens with one attached hydrogen (secondary N) is 2. The summed E-state index contributed by atoms with van der Waals surface area (Å²) < 4.78 is 11.3. The Labute approximate surface area is 158 Å². The minimum atomic E-state index is -1.11. The van der Waals surface area contributed by atoms with E-state index in [0.717, 1.165) is 12.8 Å². The molecule has 1 heterocycles. The third-order valence-electron chi connectivity index (χ3n) is 3.68. The largest absolute Gasteiger partial charge is 0.487 e. The number of H-pyrrole nitrogens is 2. The van der Waals surface area contributed by atoms with Crippen molar-refractivity contribution < 1.29 is 19.4 Å². The molecule has 1 aliphatic carbocycles. The summed E-state index contributed by atoms with van der Waals surface area (Å²) in [7, 11) is 0. The van der Waals surface area contributed by atoms with Gasteiger partial charge in [-0.15, -0.1) is 0 Å². The molecule has 138 valence electrons. The van der Waals surface area contributed by atoms with Crippen LogP contribution in [0, 0.1) is 16.1 Å². The van der Waals surface area contributed by atoms with Crippen LogP contribution in [0.1, 0.15) is 29.7 Å². The van der Waals surface area contributed by atoms with Crippen LogP contribution in [-0.4, -0.2) is 33.8 Å². The van der Waals surface area contributed by atoms with E-state index in [1.807, 2.05) is 6.07 Å². The van der Waals surface area contributed by atoms with Crippen molar-refractivity contribution in [3.63, 3.8) is 0 Å². The Morgan fingerprint density at radius 3 is 2.81 bits per heavy atom. The number of carboxylic acids is 1. The van der Waals surface area contributed by atoms with E-state index in [4.69, 9.17) is 32.1 Å². The van der Waals surface area contributed by atoms with Gasteiger partial charge >= 0.3 is 5.97 Å². The smallest absolute Gasteiger partial charge is 0.341 e. The second-order valence-corrected chi connectivity index (χ2v) is 6.22. The lowest BCUT2D eigenvalue weighted by molar-refractivity contribution is -0.139. The number of hydrogen-bond acceptors (Lipinski definition) is 6. The van der Waals surface area contributed by atoms with Crippen LogP contribution in [-0.2, 0) is 4.79 Å². The molecule has 0 saturated heterocycles. The fourth-order valence-corrected chi connectivity index (χ4v) is 2.53. The summed E-state index contributed by atoms with van der Waals surface area (Å²) in [6.45, 7) is -0.525. The van der Waals surface area contributed by atoms with Gasteiger partial charge in [-0.1, -0.05) is 12.1 Å². The molecule has 0 aliphatic heterocycles. The summed E-state index contributed by atoms with van der Waals surface area (Å²) >= 11 is 4.93. The van der Waals surface area contributed by atoms with Crippen molar-refractivity contribution in [1.29, 1.82) is 5.26 Å².